The first-order chi connectivity index (χ1) is 13.7. The zero-order valence-electron chi connectivity index (χ0n) is 16.1. The molecule has 28 heavy (non-hydrogen) atoms. The van der Waals surface area contributed by atoms with E-state index in [2.05, 4.69) is 27.7 Å². The number of rotatable bonds is 9. The average Bonchev–Trinajstić information content (AvgIpc) is 3.43. The first-order valence-electron chi connectivity index (χ1n) is 9.62. The maximum Gasteiger partial charge on any atom is 0.252 e. The van der Waals surface area contributed by atoms with Crippen molar-refractivity contribution in [3.8, 4) is 5.75 Å². The first kappa shape index (κ1) is 20.4. The second kappa shape index (κ2) is 10.2. The minimum absolute atomic E-state index is 0.0525. The van der Waals surface area contributed by atoms with E-state index in [4.69, 9.17) is 4.74 Å². The molecular formula is C21H27N3O3S. The molecule has 0 spiro atoms. The van der Waals surface area contributed by atoms with Crippen molar-refractivity contribution in [3.63, 3.8) is 0 Å². The van der Waals surface area contributed by atoms with E-state index in [1.54, 1.807) is 18.6 Å². The van der Waals surface area contributed by atoms with Crippen LogP contribution in [0.2, 0.25) is 0 Å². The van der Waals surface area contributed by atoms with E-state index in [1.165, 1.54) is 29.7 Å². The number of amides is 2. The summed E-state index contributed by atoms with van der Waals surface area (Å²) in [6.07, 6.45) is 2.65. The van der Waals surface area contributed by atoms with Crippen molar-refractivity contribution in [3.05, 3.63) is 52.2 Å². The minimum Gasteiger partial charge on any atom is -0.497 e. The molecule has 150 valence electrons. The fourth-order valence-corrected chi connectivity index (χ4v) is 4.06. The predicted octanol–water partition coefficient (Wildman–Crippen LogP) is 2.83. The number of likely N-dealkylation sites (tertiary alicyclic amines) is 1. The highest BCUT2D eigenvalue weighted by atomic mass is 32.1. The van der Waals surface area contributed by atoms with E-state index < -0.39 is 0 Å². The molecule has 0 saturated carbocycles. The molecule has 2 amide bonds. The minimum atomic E-state index is -0.137. The Morgan fingerprint density at radius 1 is 1.14 bits per heavy atom. The van der Waals surface area contributed by atoms with Crippen molar-refractivity contribution >= 4 is 23.2 Å². The number of hydrogen-bond acceptors (Lipinski definition) is 5. The number of nitrogens with zero attached hydrogens (tertiary/aromatic N) is 1. The number of carbonyl (C=O) groups excluding carboxylic acids is 2. The number of methoxy groups -OCH3 is 1. The highest BCUT2D eigenvalue weighted by Gasteiger charge is 2.24. The highest BCUT2D eigenvalue weighted by molar-refractivity contribution is 7.08. The van der Waals surface area contributed by atoms with Gasteiger partial charge in [0.2, 0.25) is 5.91 Å². The van der Waals surface area contributed by atoms with Gasteiger partial charge in [-0.05, 0) is 55.1 Å². The van der Waals surface area contributed by atoms with Crippen molar-refractivity contribution in [2.45, 2.75) is 25.3 Å². The molecule has 1 saturated heterocycles. The quantitative estimate of drug-likeness (QED) is 0.678. The van der Waals surface area contributed by atoms with Gasteiger partial charge in [0.05, 0.1) is 13.2 Å². The van der Waals surface area contributed by atoms with Crippen LogP contribution in [0.4, 0.5) is 0 Å². The standard InChI is InChI=1S/C21H27N3O3S/c1-27-18-6-4-16(5-7-18)19(24-11-2-3-12-24)14-23-20(25)8-10-22-21(26)17-9-13-28-15-17/h4-7,9,13,15,19H,2-3,8,10-12,14H2,1H3,(H,22,26)(H,23,25)/t19-/m1/s1. The number of carbonyl (C=O) groups is 2. The van der Waals surface area contributed by atoms with Crippen molar-refractivity contribution < 1.29 is 14.3 Å². The molecule has 1 aliphatic heterocycles. The highest BCUT2D eigenvalue weighted by Crippen LogP contribution is 2.26. The molecule has 2 N–H and O–H groups in total. The molecule has 1 fully saturated rings. The molecule has 1 aliphatic rings. The van der Waals surface area contributed by atoms with Gasteiger partial charge < -0.3 is 15.4 Å². The van der Waals surface area contributed by atoms with Gasteiger partial charge >= 0.3 is 0 Å². The Morgan fingerprint density at radius 3 is 2.54 bits per heavy atom. The van der Waals surface area contributed by atoms with Crippen molar-refractivity contribution in [1.29, 1.82) is 0 Å². The van der Waals surface area contributed by atoms with Crippen LogP contribution in [0.5, 0.6) is 5.75 Å². The summed E-state index contributed by atoms with van der Waals surface area (Å²) in [5.41, 5.74) is 1.81. The maximum atomic E-state index is 12.3. The molecule has 1 aromatic carbocycles. The second-order valence-corrected chi connectivity index (χ2v) is 7.63. The first-order valence-corrected chi connectivity index (χ1v) is 10.6. The fraction of sp³-hybridized carbons (Fsp3) is 0.429. The van der Waals surface area contributed by atoms with E-state index in [-0.39, 0.29) is 24.3 Å². The van der Waals surface area contributed by atoms with E-state index >= 15 is 0 Å². The van der Waals surface area contributed by atoms with Crippen LogP contribution in [0.1, 0.15) is 41.2 Å². The lowest BCUT2D eigenvalue weighted by Gasteiger charge is -2.28. The van der Waals surface area contributed by atoms with E-state index in [9.17, 15) is 9.59 Å². The van der Waals surface area contributed by atoms with Crippen LogP contribution >= 0.6 is 11.3 Å². The maximum absolute atomic E-state index is 12.3. The van der Waals surface area contributed by atoms with Gasteiger partial charge in [-0.25, -0.2) is 0 Å². The lowest BCUT2D eigenvalue weighted by atomic mass is 10.1. The third-order valence-electron chi connectivity index (χ3n) is 5.00. The van der Waals surface area contributed by atoms with E-state index in [0.717, 1.165) is 18.8 Å². The second-order valence-electron chi connectivity index (χ2n) is 6.85. The molecule has 1 atom stereocenters. The predicted molar refractivity (Wildman–Crippen MR) is 111 cm³/mol. The zero-order chi connectivity index (χ0) is 19.8. The molecule has 0 unspecified atom stereocenters. The summed E-state index contributed by atoms with van der Waals surface area (Å²) in [6, 6.07) is 9.97. The fourth-order valence-electron chi connectivity index (χ4n) is 3.42. The van der Waals surface area contributed by atoms with Gasteiger partial charge in [0.1, 0.15) is 5.75 Å². The van der Waals surface area contributed by atoms with Crippen LogP contribution in [-0.2, 0) is 4.79 Å². The smallest absolute Gasteiger partial charge is 0.252 e. The average molecular weight is 402 g/mol. The van der Waals surface area contributed by atoms with Crippen LogP contribution in [0.3, 0.4) is 0 Å². The van der Waals surface area contributed by atoms with Crippen LogP contribution in [0.25, 0.3) is 0 Å². The normalized spacial score (nSPS) is 15.2. The molecule has 1 aromatic heterocycles. The number of thiophene rings is 1. The molecule has 6 nitrogen and oxygen atoms in total. The Hall–Kier alpha value is -2.38. The number of nitrogens with one attached hydrogen (secondary N) is 2. The summed E-state index contributed by atoms with van der Waals surface area (Å²) in [5, 5.41) is 9.48. The molecule has 0 aliphatic carbocycles. The Labute approximate surface area is 169 Å². The lowest BCUT2D eigenvalue weighted by Crippen LogP contribution is -2.38. The molecule has 2 heterocycles. The molecule has 0 bridgehead atoms. The third kappa shape index (κ3) is 5.56. The Balaban J connectivity index is 1.49. The summed E-state index contributed by atoms with van der Waals surface area (Å²) in [5.74, 6) is 0.639. The lowest BCUT2D eigenvalue weighted by molar-refractivity contribution is -0.121. The van der Waals surface area contributed by atoms with Gasteiger partial charge in [-0.3, -0.25) is 14.5 Å². The van der Waals surface area contributed by atoms with Crippen molar-refractivity contribution in [1.82, 2.24) is 15.5 Å². The molecular weight excluding hydrogens is 374 g/mol. The van der Waals surface area contributed by atoms with Gasteiger partial charge in [0.25, 0.3) is 5.91 Å². The Kier molecular flexibility index (Phi) is 7.45. The van der Waals surface area contributed by atoms with Crippen molar-refractivity contribution in [2.24, 2.45) is 0 Å². The number of benzene rings is 1. The Morgan fingerprint density at radius 2 is 1.89 bits per heavy atom. The summed E-state index contributed by atoms with van der Waals surface area (Å²) in [4.78, 5) is 26.6. The molecule has 2 aromatic rings. The van der Waals surface area contributed by atoms with Gasteiger partial charge in [-0.2, -0.15) is 11.3 Å². The number of hydrogen-bond donors (Lipinski definition) is 2. The van der Waals surface area contributed by atoms with Gasteiger partial charge in [0, 0.05) is 30.5 Å². The summed E-state index contributed by atoms with van der Waals surface area (Å²) < 4.78 is 5.25. The largest absolute Gasteiger partial charge is 0.497 e. The van der Waals surface area contributed by atoms with Crippen LogP contribution in [0, 0.1) is 0 Å². The van der Waals surface area contributed by atoms with Gasteiger partial charge in [0.15, 0.2) is 0 Å². The SMILES string of the molecule is COc1ccc([C@@H](CNC(=O)CCNC(=O)c2ccsc2)N2CCCC2)cc1. The van der Waals surface area contributed by atoms with E-state index in [0.29, 0.717) is 18.7 Å². The molecule has 3 rings (SSSR count). The van der Waals surface area contributed by atoms with Gasteiger partial charge in [-0.1, -0.05) is 12.1 Å². The summed E-state index contributed by atoms with van der Waals surface area (Å²) in [6.45, 7) is 2.98. The summed E-state index contributed by atoms with van der Waals surface area (Å²) >= 11 is 1.48. The monoisotopic (exact) mass is 401 g/mol. The number of ether oxygens (including phenoxy) is 1. The van der Waals surface area contributed by atoms with Gasteiger partial charge in [-0.15, -0.1) is 0 Å². The van der Waals surface area contributed by atoms with Crippen molar-refractivity contribution in [2.75, 3.05) is 33.3 Å². The summed E-state index contributed by atoms with van der Waals surface area (Å²) in [7, 11) is 1.66. The van der Waals surface area contributed by atoms with E-state index in [1.807, 2.05) is 17.5 Å². The molecule has 0 radical (unpaired) electrons. The molecule has 7 heteroatoms. The Bertz CT molecular complexity index is 756. The third-order valence-corrected chi connectivity index (χ3v) is 5.68. The van der Waals surface area contributed by atoms with Crippen LogP contribution < -0.4 is 15.4 Å². The van der Waals surface area contributed by atoms with Crippen LogP contribution in [-0.4, -0.2) is 50.0 Å². The topological polar surface area (TPSA) is 70.7 Å². The zero-order valence-corrected chi connectivity index (χ0v) is 17.0. The van der Waals surface area contributed by atoms with Crippen LogP contribution in [0.15, 0.2) is 41.1 Å².